The number of amides is 1. The van der Waals surface area contributed by atoms with Gasteiger partial charge in [-0.05, 0) is 12.8 Å². The van der Waals surface area contributed by atoms with Crippen LogP contribution in [0.25, 0.3) is 0 Å². The van der Waals surface area contributed by atoms with Crippen LogP contribution in [0.4, 0.5) is 0 Å². The molecule has 1 amide bonds. The van der Waals surface area contributed by atoms with Crippen LogP contribution in [0.5, 0.6) is 0 Å². The summed E-state index contributed by atoms with van der Waals surface area (Å²) in [6, 6.07) is -0.215. The van der Waals surface area contributed by atoms with Gasteiger partial charge in [-0.3, -0.25) is 4.79 Å². The fourth-order valence-electron chi connectivity index (χ4n) is 2.58. The number of hydrogen-bond acceptors (Lipinski definition) is 4. The highest BCUT2D eigenvalue weighted by Gasteiger charge is 2.27. The van der Waals surface area contributed by atoms with Gasteiger partial charge in [0, 0.05) is 19.6 Å². The van der Waals surface area contributed by atoms with Crippen LogP contribution in [-0.2, 0) is 4.79 Å². The maximum atomic E-state index is 12.0. The Morgan fingerprint density at radius 3 is 2.76 bits per heavy atom. The van der Waals surface area contributed by atoms with Crippen molar-refractivity contribution in [3.8, 4) is 0 Å². The predicted molar refractivity (Wildman–Crippen MR) is 65.7 cm³/mol. The topological polar surface area (TPSA) is 73.4 Å². The van der Waals surface area contributed by atoms with E-state index in [4.69, 9.17) is 0 Å². The molecule has 2 aliphatic rings. The molecule has 5 nitrogen and oxygen atoms in total. The van der Waals surface area contributed by atoms with Crippen molar-refractivity contribution < 1.29 is 9.90 Å². The van der Waals surface area contributed by atoms with Crippen LogP contribution >= 0.6 is 0 Å². The molecule has 1 saturated heterocycles. The summed E-state index contributed by atoms with van der Waals surface area (Å²) >= 11 is 0. The van der Waals surface area contributed by atoms with Crippen molar-refractivity contribution in [2.24, 2.45) is 0 Å². The normalized spacial score (nSPS) is 35.0. The second-order valence-corrected chi connectivity index (χ2v) is 5.03. The highest BCUT2D eigenvalue weighted by molar-refractivity contribution is 5.82. The first-order chi connectivity index (χ1) is 8.27. The smallest absolute Gasteiger partial charge is 0.238 e. The van der Waals surface area contributed by atoms with E-state index < -0.39 is 0 Å². The van der Waals surface area contributed by atoms with Crippen molar-refractivity contribution in [1.29, 1.82) is 0 Å². The van der Waals surface area contributed by atoms with E-state index >= 15 is 0 Å². The fourth-order valence-corrected chi connectivity index (χ4v) is 2.58. The first-order valence-electron chi connectivity index (χ1n) is 6.70. The molecule has 0 spiro atoms. The number of nitrogens with one attached hydrogen (secondary N) is 3. The summed E-state index contributed by atoms with van der Waals surface area (Å²) in [6.45, 7) is 2.41. The second-order valence-electron chi connectivity index (χ2n) is 5.03. The van der Waals surface area contributed by atoms with Crippen LogP contribution < -0.4 is 16.0 Å². The Hall–Kier alpha value is -0.650. The Morgan fingerprint density at radius 1 is 1.18 bits per heavy atom. The second kappa shape index (κ2) is 6.33. The van der Waals surface area contributed by atoms with Crippen LogP contribution in [0.15, 0.2) is 0 Å². The highest BCUT2D eigenvalue weighted by Crippen LogP contribution is 2.18. The molecule has 1 aliphatic heterocycles. The summed E-state index contributed by atoms with van der Waals surface area (Å²) in [5.41, 5.74) is 0. The van der Waals surface area contributed by atoms with E-state index in [1.807, 2.05) is 0 Å². The van der Waals surface area contributed by atoms with Crippen LogP contribution in [0.3, 0.4) is 0 Å². The summed E-state index contributed by atoms with van der Waals surface area (Å²) < 4.78 is 0. The van der Waals surface area contributed by atoms with Crippen molar-refractivity contribution in [3.05, 3.63) is 0 Å². The van der Waals surface area contributed by atoms with E-state index in [-0.39, 0.29) is 24.1 Å². The minimum Gasteiger partial charge on any atom is -0.391 e. The Labute approximate surface area is 102 Å². The van der Waals surface area contributed by atoms with Gasteiger partial charge in [0.25, 0.3) is 0 Å². The van der Waals surface area contributed by atoms with Gasteiger partial charge in [0.15, 0.2) is 0 Å². The van der Waals surface area contributed by atoms with Gasteiger partial charge in [-0.25, -0.2) is 0 Å². The first-order valence-corrected chi connectivity index (χ1v) is 6.70. The zero-order valence-corrected chi connectivity index (χ0v) is 10.2. The molecule has 4 N–H and O–H groups in total. The molecule has 0 radical (unpaired) electrons. The summed E-state index contributed by atoms with van der Waals surface area (Å²) in [4.78, 5) is 12.0. The lowest BCUT2D eigenvalue weighted by Crippen LogP contribution is -2.58. The highest BCUT2D eigenvalue weighted by atomic mass is 16.3. The van der Waals surface area contributed by atoms with Crippen molar-refractivity contribution in [2.75, 3.05) is 19.6 Å². The van der Waals surface area contributed by atoms with Gasteiger partial charge in [-0.2, -0.15) is 0 Å². The maximum absolute atomic E-state index is 12.0. The Balaban J connectivity index is 1.83. The van der Waals surface area contributed by atoms with Crippen LogP contribution in [0.1, 0.15) is 32.1 Å². The quantitative estimate of drug-likeness (QED) is 0.485. The number of piperazine rings is 1. The molecule has 1 heterocycles. The SMILES string of the molecule is O=C(NC1CCCCCC1O)C1CNCCN1. The van der Waals surface area contributed by atoms with E-state index in [0.717, 1.165) is 45.2 Å². The lowest BCUT2D eigenvalue weighted by Gasteiger charge is -2.28. The minimum absolute atomic E-state index is 0.0168. The minimum atomic E-state index is -0.377. The largest absolute Gasteiger partial charge is 0.391 e. The third-order valence-electron chi connectivity index (χ3n) is 3.66. The van der Waals surface area contributed by atoms with Crippen molar-refractivity contribution in [2.45, 2.75) is 50.3 Å². The monoisotopic (exact) mass is 241 g/mol. The molecule has 2 rings (SSSR count). The molecule has 2 fully saturated rings. The van der Waals surface area contributed by atoms with E-state index in [2.05, 4.69) is 16.0 Å². The van der Waals surface area contributed by atoms with Gasteiger partial charge in [-0.15, -0.1) is 0 Å². The van der Waals surface area contributed by atoms with Crippen LogP contribution in [0, 0.1) is 0 Å². The van der Waals surface area contributed by atoms with Crippen molar-refractivity contribution >= 4 is 5.91 Å². The molecule has 98 valence electrons. The Bertz CT molecular complexity index is 254. The zero-order valence-electron chi connectivity index (χ0n) is 10.2. The average molecular weight is 241 g/mol. The molecule has 5 heteroatoms. The summed E-state index contributed by atoms with van der Waals surface area (Å²) in [6.07, 6.45) is 4.65. The molecule has 0 aromatic rings. The predicted octanol–water partition coefficient (Wildman–Crippen LogP) is -0.642. The summed E-state index contributed by atoms with van der Waals surface area (Å²) in [5, 5.41) is 19.3. The van der Waals surface area contributed by atoms with Gasteiger partial charge in [0.05, 0.1) is 18.2 Å². The molecule has 0 aromatic heterocycles. The third-order valence-corrected chi connectivity index (χ3v) is 3.66. The zero-order chi connectivity index (χ0) is 12.1. The Morgan fingerprint density at radius 2 is 2.00 bits per heavy atom. The van der Waals surface area contributed by atoms with E-state index in [1.165, 1.54) is 0 Å². The lowest BCUT2D eigenvalue weighted by molar-refractivity contribution is -0.125. The molecule has 3 unspecified atom stereocenters. The van der Waals surface area contributed by atoms with E-state index in [0.29, 0.717) is 6.54 Å². The molecular formula is C12H23N3O2. The number of rotatable bonds is 2. The Kier molecular flexibility index (Phi) is 4.76. The number of hydrogen-bond donors (Lipinski definition) is 4. The standard InChI is InChI=1S/C12H23N3O2/c16-11-5-3-1-2-4-9(11)15-12(17)10-8-13-6-7-14-10/h9-11,13-14,16H,1-8H2,(H,15,17). The van der Waals surface area contributed by atoms with Gasteiger partial charge >= 0.3 is 0 Å². The molecule has 0 bridgehead atoms. The lowest BCUT2D eigenvalue weighted by atomic mass is 10.1. The molecule has 0 aromatic carbocycles. The van der Waals surface area contributed by atoms with E-state index in [9.17, 15) is 9.90 Å². The first kappa shape index (κ1) is 12.8. The van der Waals surface area contributed by atoms with Crippen molar-refractivity contribution in [3.63, 3.8) is 0 Å². The number of carbonyl (C=O) groups is 1. The number of carbonyl (C=O) groups excluding carboxylic acids is 1. The summed E-state index contributed by atoms with van der Waals surface area (Å²) in [7, 11) is 0. The average Bonchev–Trinajstić information content (AvgIpc) is 2.56. The van der Waals surface area contributed by atoms with E-state index in [1.54, 1.807) is 0 Å². The summed E-state index contributed by atoms with van der Waals surface area (Å²) in [5.74, 6) is 0.0168. The molecular weight excluding hydrogens is 218 g/mol. The van der Waals surface area contributed by atoms with Crippen LogP contribution in [0.2, 0.25) is 0 Å². The molecule has 1 aliphatic carbocycles. The van der Waals surface area contributed by atoms with Gasteiger partial charge in [0.1, 0.15) is 0 Å². The third kappa shape index (κ3) is 3.66. The van der Waals surface area contributed by atoms with Gasteiger partial charge in [-0.1, -0.05) is 19.3 Å². The molecule has 17 heavy (non-hydrogen) atoms. The molecule has 1 saturated carbocycles. The van der Waals surface area contributed by atoms with Crippen LogP contribution in [-0.4, -0.2) is 48.8 Å². The van der Waals surface area contributed by atoms with Crippen molar-refractivity contribution in [1.82, 2.24) is 16.0 Å². The number of aliphatic hydroxyl groups excluding tert-OH is 1. The number of aliphatic hydroxyl groups is 1. The van der Waals surface area contributed by atoms with Gasteiger partial charge in [0.2, 0.25) is 5.91 Å². The van der Waals surface area contributed by atoms with Gasteiger partial charge < -0.3 is 21.1 Å². The fraction of sp³-hybridized carbons (Fsp3) is 0.917. The molecule has 3 atom stereocenters. The maximum Gasteiger partial charge on any atom is 0.238 e.